The molecular formula is C30H21Cl2FN2O3S. The van der Waals surface area contributed by atoms with E-state index >= 15 is 0 Å². The number of benzene rings is 3. The van der Waals surface area contributed by atoms with Gasteiger partial charge in [-0.15, -0.1) is 11.3 Å². The quantitative estimate of drug-likeness (QED) is 0.228. The molecule has 0 saturated carbocycles. The van der Waals surface area contributed by atoms with E-state index in [4.69, 9.17) is 28.2 Å². The van der Waals surface area contributed by atoms with Crippen LogP contribution in [0.15, 0.2) is 102 Å². The molecule has 5 nitrogen and oxygen atoms in total. The van der Waals surface area contributed by atoms with Gasteiger partial charge in [0, 0.05) is 29.0 Å². The second kappa shape index (κ2) is 11.1. The zero-order valence-electron chi connectivity index (χ0n) is 20.3. The normalized spacial score (nSPS) is 18.4. The van der Waals surface area contributed by atoms with Crippen LogP contribution in [0.25, 0.3) is 11.3 Å². The molecule has 0 radical (unpaired) electrons. The monoisotopic (exact) mass is 578 g/mol. The maximum Gasteiger partial charge on any atom is 0.332 e. The van der Waals surface area contributed by atoms with E-state index in [-0.39, 0.29) is 12.1 Å². The molecule has 1 amide bonds. The summed E-state index contributed by atoms with van der Waals surface area (Å²) in [6, 6.07) is 20.2. The van der Waals surface area contributed by atoms with Crippen molar-refractivity contribution in [2.75, 3.05) is 0 Å². The maximum atomic E-state index is 13.9. The first-order valence-electron chi connectivity index (χ1n) is 11.9. The lowest BCUT2D eigenvalue weighted by Crippen LogP contribution is -2.43. The third-order valence-electron chi connectivity index (χ3n) is 6.47. The molecule has 4 aromatic rings. The van der Waals surface area contributed by atoms with E-state index in [0.29, 0.717) is 31.9 Å². The second-order valence-corrected chi connectivity index (χ2v) is 10.7. The lowest BCUT2D eigenvalue weighted by Gasteiger charge is -2.30. The number of thiazole rings is 1. The van der Waals surface area contributed by atoms with Gasteiger partial charge in [0.15, 0.2) is 0 Å². The van der Waals surface area contributed by atoms with Crippen LogP contribution in [-0.4, -0.2) is 22.0 Å². The number of aromatic nitrogens is 1. The van der Waals surface area contributed by atoms with Gasteiger partial charge in [-0.05, 0) is 41.5 Å². The van der Waals surface area contributed by atoms with E-state index in [1.807, 2.05) is 30.3 Å². The maximum absolute atomic E-state index is 13.9. The lowest BCUT2D eigenvalue weighted by molar-refractivity contribution is -0.132. The predicted octanol–water partition coefficient (Wildman–Crippen LogP) is 7.17. The van der Waals surface area contributed by atoms with Crippen molar-refractivity contribution in [1.29, 1.82) is 0 Å². The average molecular weight is 579 g/mol. The standard InChI is InChI=1S/C30H21Cl2FN2O3S/c31-24-10-9-20(14-25(24)32)26-17-39-29(35-26)30(28(38)34-16-18-5-4-8-21(33)13-18)12-11-22(23(15-30)27(36)37)19-6-2-1-3-7-19/h1-15,17,22H,16H2,(H,34,38)(H,36,37). The van der Waals surface area contributed by atoms with Crippen molar-refractivity contribution >= 4 is 46.4 Å². The molecule has 9 heteroatoms. The van der Waals surface area contributed by atoms with Crippen molar-refractivity contribution in [3.05, 3.63) is 134 Å². The fraction of sp³-hybridized carbons (Fsp3) is 0.100. The lowest BCUT2D eigenvalue weighted by atomic mass is 9.75. The second-order valence-electron chi connectivity index (χ2n) is 9.00. The minimum atomic E-state index is -1.51. The fourth-order valence-corrected chi connectivity index (χ4v) is 5.76. The number of nitrogens with zero attached hydrogens (tertiary/aromatic N) is 1. The number of carbonyl (C=O) groups is 2. The van der Waals surface area contributed by atoms with Crippen LogP contribution in [0.4, 0.5) is 4.39 Å². The fourth-order valence-electron chi connectivity index (χ4n) is 4.48. The summed E-state index contributed by atoms with van der Waals surface area (Å²) in [6.07, 6.45) is 4.88. The molecule has 2 unspecified atom stereocenters. The van der Waals surface area contributed by atoms with E-state index < -0.39 is 29.0 Å². The van der Waals surface area contributed by atoms with Crippen LogP contribution in [-0.2, 0) is 21.5 Å². The molecule has 0 aliphatic heterocycles. The van der Waals surface area contributed by atoms with E-state index in [2.05, 4.69) is 5.32 Å². The summed E-state index contributed by atoms with van der Waals surface area (Å²) in [5.74, 6) is -2.60. The van der Waals surface area contributed by atoms with Gasteiger partial charge in [0.2, 0.25) is 5.91 Å². The van der Waals surface area contributed by atoms with Gasteiger partial charge in [-0.25, -0.2) is 14.2 Å². The number of rotatable bonds is 7. The van der Waals surface area contributed by atoms with Gasteiger partial charge in [0.1, 0.15) is 16.2 Å². The van der Waals surface area contributed by atoms with Gasteiger partial charge in [-0.3, -0.25) is 4.79 Å². The minimum absolute atomic E-state index is 0.0512. The van der Waals surface area contributed by atoms with Crippen LogP contribution in [0.1, 0.15) is 22.1 Å². The largest absolute Gasteiger partial charge is 0.478 e. The van der Waals surface area contributed by atoms with Crippen LogP contribution in [0.2, 0.25) is 10.0 Å². The molecule has 0 bridgehead atoms. The Bertz CT molecular complexity index is 1620. The van der Waals surface area contributed by atoms with E-state index in [9.17, 15) is 19.1 Å². The number of nitrogens with one attached hydrogen (secondary N) is 1. The summed E-state index contributed by atoms with van der Waals surface area (Å²) in [4.78, 5) is 31.1. The molecule has 5 rings (SSSR count). The number of carboxylic acids is 1. The third-order valence-corrected chi connectivity index (χ3v) is 8.20. The molecule has 0 saturated heterocycles. The van der Waals surface area contributed by atoms with E-state index in [1.165, 1.54) is 29.5 Å². The first-order valence-corrected chi connectivity index (χ1v) is 13.5. The smallest absolute Gasteiger partial charge is 0.332 e. The third kappa shape index (κ3) is 5.52. The van der Waals surface area contributed by atoms with Gasteiger partial charge in [0.25, 0.3) is 0 Å². The van der Waals surface area contributed by atoms with Gasteiger partial charge < -0.3 is 10.4 Å². The van der Waals surface area contributed by atoms with Gasteiger partial charge in [0.05, 0.1) is 15.7 Å². The first-order chi connectivity index (χ1) is 18.8. The number of hydrogen-bond donors (Lipinski definition) is 2. The van der Waals surface area contributed by atoms with Crippen LogP contribution >= 0.6 is 34.5 Å². The topological polar surface area (TPSA) is 79.3 Å². The zero-order chi connectivity index (χ0) is 27.6. The summed E-state index contributed by atoms with van der Waals surface area (Å²) in [7, 11) is 0. The number of halogens is 3. The Morgan fingerprint density at radius 3 is 2.54 bits per heavy atom. The number of carboxylic acid groups (broad SMARTS) is 1. The molecule has 3 aromatic carbocycles. The van der Waals surface area contributed by atoms with Crippen molar-refractivity contribution in [2.45, 2.75) is 17.9 Å². The Morgan fingerprint density at radius 2 is 1.82 bits per heavy atom. The number of hydrogen-bond acceptors (Lipinski definition) is 4. The Labute approximate surface area is 238 Å². The molecule has 1 aliphatic carbocycles. The molecule has 1 aliphatic rings. The van der Waals surface area contributed by atoms with Crippen LogP contribution < -0.4 is 5.32 Å². The number of aliphatic carboxylic acids is 1. The SMILES string of the molecule is O=C(O)C1=CC(C(=O)NCc2cccc(F)c2)(c2nc(-c3ccc(Cl)c(Cl)c3)cs2)C=CC1c1ccccc1. The summed E-state index contributed by atoms with van der Waals surface area (Å²) < 4.78 is 13.7. The van der Waals surface area contributed by atoms with E-state index in [1.54, 1.807) is 47.9 Å². The summed E-state index contributed by atoms with van der Waals surface area (Å²) in [6.45, 7) is 0.0512. The Morgan fingerprint density at radius 1 is 1.03 bits per heavy atom. The van der Waals surface area contributed by atoms with Crippen LogP contribution in [0.3, 0.4) is 0 Å². The van der Waals surface area contributed by atoms with Gasteiger partial charge >= 0.3 is 5.97 Å². The molecular weight excluding hydrogens is 558 g/mol. The molecule has 39 heavy (non-hydrogen) atoms. The molecule has 0 spiro atoms. The van der Waals surface area contributed by atoms with Crippen LogP contribution in [0, 0.1) is 5.82 Å². The minimum Gasteiger partial charge on any atom is -0.478 e. The predicted molar refractivity (Wildman–Crippen MR) is 152 cm³/mol. The highest BCUT2D eigenvalue weighted by atomic mass is 35.5. The number of amides is 1. The number of allylic oxidation sites excluding steroid dienone is 1. The van der Waals surface area contributed by atoms with Gasteiger partial charge in [-0.1, -0.05) is 83.9 Å². The number of carbonyl (C=O) groups excluding carboxylic acids is 1. The molecule has 1 heterocycles. The molecule has 196 valence electrons. The van der Waals surface area contributed by atoms with E-state index in [0.717, 1.165) is 5.56 Å². The molecule has 2 atom stereocenters. The van der Waals surface area contributed by atoms with Gasteiger partial charge in [-0.2, -0.15) is 0 Å². The Hall–Kier alpha value is -3.78. The van der Waals surface area contributed by atoms with Crippen molar-refractivity contribution < 1.29 is 19.1 Å². The average Bonchev–Trinajstić information content (AvgIpc) is 3.44. The van der Waals surface area contributed by atoms with Crippen molar-refractivity contribution in [2.24, 2.45) is 0 Å². The van der Waals surface area contributed by atoms with Crippen molar-refractivity contribution in [3.8, 4) is 11.3 Å². The summed E-state index contributed by atoms with van der Waals surface area (Å²) in [5.41, 5.74) is 1.16. The van der Waals surface area contributed by atoms with Crippen molar-refractivity contribution in [3.63, 3.8) is 0 Å². The zero-order valence-corrected chi connectivity index (χ0v) is 22.6. The molecule has 1 aromatic heterocycles. The highest BCUT2D eigenvalue weighted by Gasteiger charge is 2.43. The first kappa shape index (κ1) is 26.8. The van der Waals surface area contributed by atoms with Crippen molar-refractivity contribution in [1.82, 2.24) is 10.3 Å². The Balaban J connectivity index is 1.58. The summed E-state index contributed by atoms with van der Waals surface area (Å²) in [5, 5.41) is 16.0. The highest BCUT2D eigenvalue weighted by Crippen LogP contribution is 2.42. The van der Waals surface area contributed by atoms with Crippen LogP contribution in [0.5, 0.6) is 0 Å². The summed E-state index contributed by atoms with van der Waals surface area (Å²) >= 11 is 13.5. The molecule has 2 N–H and O–H groups in total. The molecule has 0 fully saturated rings. The Kier molecular flexibility index (Phi) is 7.66. The highest BCUT2D eigenvalue weighted by molar-refractivity contribution is 7.10.